The van der Waals surface area contributed by atoms with E-state index < -0.39 is 5.91 Å². The molecule has 1 aromatic carbocycles. The molecule has 1 atom stereocenters. The molecule has 2 rings (SSSR count). The molecule has 1 unspecified atom stereocenters. The van der Waals surface area contributed by atoms with Gasteiger partial charge in [0.05, 0.1) is 5.69 Å². The van der Waals surface area contributed by atoms with E-state index in [4.69, 9.17) is 11.5 Å². The van der Waals surface area contributed by atoms with Gasteiger partial charge in [-0.15, -0.1) is 11.3 Å². The molecule has 0 saturated heterocycles. The van der Waals surface area contributed by atoms with Crippen LogP contribution in [0.25, 0.3) is 10.1 Å². The third-order valence-electron chi connectivity index (χ3n) is 2.97. The number of aryl methyl sites for hydroxylation is 1. The molecule has 5 nitrogen and oxygen atoms in total. The minimum atomic E-state index is -0.447. The number of carbonyl (C=O) groups excluding carboxylic acids is 2. The van der Waals surface area contributed by atoms with Crippen LogP contribution in [-0.2, 0) is 4.79 Å². The number of nitrogens with one attached hydrogen (secondary N) is 1. The van der Waals surface area contributed by atoms with Crippen molar-refractivity contribution in [3.63, 3.8) is 0 Å². The number of primary amides is 1. The van der Waals surface area contributed by atoms with Crippen molar-refractivity contribution in [2.45, 2.75) is 26.3 Å². The Balaban J connectivity index is 2.26. The van der Waals surface area contributed by atoms with Gasteiger partial charge in [0.15, 0.2) is 0 Å². The Kier molecular flexibility index (Phi) is 3.94. The fourth-order valence-corrected chi connectivity index (χ4v) is 3.05. The summed E-state index contributed by atoms with van der Waals surface area (Å²) < 4.78 is 0.973. The quantitative estimate of drug-likeness (QED) is 0.800. The molecule has 20 heavy (non-hydrogen) atoms. The first-order valence-electron chi connectivity index (χ1n) is 6.26. The van der Waals surface area contributed by atoms with Crippen LogP contribution in [0.15, 0.2) is 18.2 Å². The lowest BCUT2D eigenvalue weighted by atomic mass is 10.1. The SMILES string of the molecule is Cc1ccc2sc(C(=O)NC(C)CC(N)=O)c(N)c2c1. The summed E-state index contributed by atoms with van der Waals surface area (Å²) in [6, 6.07) is 5.59. The monoisotopic (exact) mass is 291 g/mol. The van der Waals surface area contributed by atoms with Crippen LogP contribution < -0.4 is 16.8 Å². The van der Waals surface area contributed by atoms with Gasteiger partial charge in [-0.1, -0.05) is 11.6 Å². The molecule has 0 aliphatic rings. The predicted octanol–water partition coefficient (Wildman–Crippen LogP) is 1.79. The Labute approximate surface area is 120 Å². The van der Waals surface area contributed by atoms with Crippen molar-refractivity contribution in [2.24, 2.45) is 5.73 Å². The lowest BCUT2D eigenvalue weighted by Crippen LogP contribution is -2.35. The van der Waals surface area contributed by atoms with Gasteiger partial charge in [-0.3, -0.25) is 9.59 Å². The van der Waals surface area contributed by atoms with Crippen molar-refractivity contribution in [3.8, 4) is 0 Å². The molecule has 2 amide bonds. The average molecular weight is 291 g/mol. The van der Waals surface area contributed by atoms with Gasteiger partial charge >= 0.3 is 0 Å². The van der Waals surface area contributed by atoms with E-state index in [0.29, 0.717) is 10.6 Å². The molecule has 6 heteroatoms. The van der Waals surface area contributed by atoms with E-state index in [1.54, 1.807) is 6.92 Å². The topological polar surface area (TPSA) is 98.2 Å². The summed E-state index contributed by atoms with van der Waals surface area (Å²) >= 11 is 1.35. The van der Waals surface area contributed by atoms with Gasteiger partial charge in [0.1, 0.15) is 4.88 Å². The Morgan fingerprint density at radius 3 is 2.75 bits per heavy atom. The molecule has 0 saturated carbocycles. The van der Waals surface area contributed by atoms with Crippen molar-refractivity contribution in [1.29, 1.82) is 0 Å². The number of amides is 2. The van der Waals surface area contributed by atoms with E-state index in [9.17, 15) is 9.59 Å². The van der Waals surface area contributed by atoms with Crippen LogP contribution in [0.4, 0.5) is 5.69 Å². The van der Waals surface area contributed by atoms with Gasteiger partial charge in [0.25, 0.3) is 5.91 Å². The number of anilines is 1. The minimum absolute atomic E-state index is 0.107. The number of carbonyl (C=O) groups is 2. The first-order chi connectivity index (χ1) is 9.38. The van der Waals surface area contributed by atoms with Crippen molar-refractivity contribution in [1.82, 2.24) is 5.32 Å². The number of benzene rings is 1. The highest BCUT2D eigenvalue weighted by Gasteiger charge is 2.18. The highest BCUT2D eigenvalue weighted by Crippen LogP contribution is 2.34. The molecule has 5 N–H and O–H groups in total. The number of fused-ring (bicyclic) bond motifs is 1. The molecule has 0 spiro atoms. The van der Waals surface area contributed by atoms with Gasteiger partial charge < -0.3 is 16.8 Å². The fraction of sp³-hybridized carbons (Fsp3) is 0.286. The van der Waals surface area contributed by atoms with E-state index in [1.165, 1.54) is 11.3 Å². The van der Waals surface area contributed by atoms with Crippen LogP contribution >= 0.6 is 11.3 Å². The Morgan fingerprint density at radius 1 is 1.40 bits per heavy atom. The molecule has 0 aliphatic heterocycles. The standard InChI is InChI=1S/C14H17N3O2S/c1-7-3-4-10-9(5-7)12(16)13(20-10)14(19)17-8(2)6-11(15)18/h3-5,8H,6,16H2,1-2H3,(H2,15,18)(H,17,19). The first kappa shape index (κ1) is 14.3. The zero-order valence-corrected chi connectivity index (χ0v) is 12.2. The summed E-state index contributed by atoms with van der Waals surface area (Å²) in [7, 11) is 0. The predicted molar refractivity (Wildman–Crippen MR) is 81.7 cm³/mol. The van der Waals surface area contributed by atoms with Crippen LogP contribution in [0.5, 0.6) is 0 Å². The van der Waals surface area contributed by atoms with E-state index in [0.717, 1.165) is 15.6 Å². The lowest BCUT2D eigenvalue weighted by molar-refractivity contribution is -0.118. The van der Waals surface area contributed by atoms with E-state index in [-0.39, 0.29) is 18.4 Å². The fourth-order valence-electron chi connectivity index (χ4n) is 2.04. The van der Waals surface area contributed by atoms with Crippen molar-refractivity contribution < 1.29 is 9.59 Å². The second-order valence-corrected chi connectivity index (χ2v) is 5.94. The van der Waals surface area contributed by atoms with Crippen LogP contribution in [0.1, 0.15) is 28.6 Å². The molecular weight excluding hydrogens is 274 g/mol. The Bertz CT molecular complexity index is 678. The summed E-state index contributed by atoms with van der Waals surface area (Å²) in [5, 5.41) is 3.63. The summed E-state index contributed by atoms with van der Waals surface area (Å²) in [6.07, 6.45) is 0.107. The van der Waals surface area contributed by atoms with E-state index in [2.05, 4.69) is 5.32 Å². The Morgan fingerprint density at radius 2 is 2.10 bits per heavy atom. The summed E-state index contributed by atoms with van der Waals surface area (Å²) in [6.45, 7) is 3.71. The highest BCUT2D eigenvalue weighted by molar-refractivity contribution is 7.21. The number of hydrogen-bond acceptors (Lipinski definition) is 4. The van der Waals surface area contributed by atoms with Crippen molar-refractivity contribution in [2.75, 3.05) is 5.73 Å². The van der Waals surface area contributed by atoms with Crippen LogP contribution in [0.3, 0.4) is 0 Å². The van der Waals surface area contributed by atoms with Gasteiger partial charge in [-0.05, 0) is 26.0 Å². The maximum Gasteiger partial charge on any atom is 0.263 e. The number of hydrogen-bond donors (Lipinski definition) is 3. The maximum absolute atomic E-state index is 12.2. The van der Waals surface area contributed by atoms with Crippen LogP contribution in [0.2, 0.25) is 0 Å². The molecule has 0 fully saturated rings. The van der Waals surface area contributed by atoms with Crippen LogP contribution in [0, 0.1) is 6.92 Å². The second kappa shape index (κ2) is 5.50. The van der Waals surface area contributed by atoms with Crippen LogP contribution in [-0.4, -0.2) is 17.9 Å². The van der Waals surface area contributed by atoms with Gasteiger partial charge in [-0.2, -0.15) is 0 Å². The summed E-state index contributed by atoms with van der Waals surface area (Å²) in [4.78, 5) is 23.5. The Hall–Kier alpha value is -2.08. The molecular formula is C14H17N3O2S. The van der Waals surface area contributed by atoms with Gasteiger partial charge in [0.2, 0.25) is 5.91 Å². The first-order valence-corrected chi connectivity index (χ1v) is 7.08. The van der Waals surface area contributed by atoms with Gasteiger partial charge in [0, 0.05) is 22.5 Å². The molecule has 0 bridgehead atoms. The van der Waals surface area contributed by atoms with E-state index in [1.807, 2.05) is 25.1 Å². The normalized spacial score (nSPS) is 12.3. The smallest absolute Gasteiger partial charge is 0.263 e. The summed E-state index contributed by atoms with van der Waals surface area (Å²) in [5.74, 6) is -0.715. The second-order valence-electron chi connectivity index (χ2n) is 4.89. The molecule has 106 valence electrons. The molecule has 1 heterocycles. The van der Waals surface area contributed by atoms with Gasteiger partial charge in [-0.25, -0.2) is 0 Å². The average Bonchev–Trinajstić information content (AvgIpc) is 2.65. The zero-order valence-electron chi connectivity index (χ0n) is 11.4. The largest absolute Gasteiger partial charge is 0.397 e. The molecule has 1 aromatic heterocycles. The maximum atomic E-state index is 12.2. The number of nitrogen functional groups attached to an aromatic ring is 1. The van der Waals surface area contributed by atoms with E-state index >= 15 is 0 Å². The van der Waals surface area contributed by atoms with Crippen molar-refractivity contribution in [3.05, 3.63) is 28.6 Å². The summed E-state index contributed by atoms with van der Waals surface area (Å²) in [5.41, 5.74) is 12.7. The number of nitrogens with two attached hydrogens (primary N) is 2. The lowest BCUT2D eigenvalue weighted by Gasteiger charge is -2.11. The highest BCUT2D eigenvalue weighted by atomic mass is 32.1. The molecule has 2 aromatic rings. The molecule has 0 radical (unpaired) electrons. The van der Waals surface area contributed by atoms with Crippen molar-refractivity contribution >= 4 is 38.9 Å². The zero-order chi connectivity index (χ0) is 14.9. The third kappa shape index (κ3) is 2.91. The number of thiophene rings is 1. The minimum Gasteiger partial charge on any atom is -0.397 e. The third-order valence-corrected chi connectivity index (χ3v) is 4.16. The number of rotatable bonds is 4. The molecule has 0 aliphatic carbocycles.